The summed E-state index contributed by atoms with van der Waals surface area (Å²) in [4.78, 5) is 23.2. The van der Waals surface area contributed by atoms with Crippen LogP contribution >= 0.6 is 11.6 Å². The smallest absolute Gasteiger partial charge is 0.255 e. The van der Waals surface area contributed by atoms with Crippen LogP contribution in [0.2, 0.25) is 5.02 Å². The van der Waals surface area contributed by atoms with Gasteiger partial charge in [-0.15, -0.1) is 5.10 Å². The number of halogens is 1. The van der Waals surface area contributed by atoms with Crippen molar-refractivity contribution in [2.24, 2.45) is 0 Å². The number of aryl methyl sites for hydroxylation is 1. The molecule has 3 aromatic rings. The van der Waals surface area contributed by atoms with Gasteiger partial charge in [-0.3, -0.25) is 9.78 Å². The van der Waals surface area contributed by atoms with Crippen molar-refractivity contribution in [1.82, 2.24) is 29.9 Å². The van der Waals surface area contributed by atoms with Gasteiger partial charge in [0.15, 0.2) is 5.82 Å². The third-order valence-corrected chi connectivity index (χ3v) is 5.14. The average Bonchev–Trinajstić information content (AvgIpc) is 3.06. The van der Waals surface area contributed by atoms with Crippen molar-refractivity contribution in [3.8, 4) is 5.82 Å². The summed E-state index contributed by atoms with van der Waals surface area (Å²) in [6.45, 7) is 4.29. The summed E-state index contributed by atoms with van der Waals surface area (Å²) in [5.41, 5.74) is 3.13. The standard InChI is InChI=1S/C18H17ClN6O/c1-11-4-3-5-13(17(11)19)18(26)24-10-14-15(8-12(24)2)25(23-22-14)16-9-20-6-7-21-16/h3-7,9,12H,8,10H2,1-2H3/t12-/m0/s1. The van der Waals surface area contributed by atoms with Gasteiger partial charge in [-0.2, -0.15) is 4.68 Å². The van der Waals surface area contributed by atoms with E-state index in [0.29, 0.717) is 29.4 Å². The van der Waals surface area contributed by atoms with E-state index in [1.165, 1.54) is 0 Å². The molecule has 0 saturated carbocycles. The van der Waals surface area contributed by atoms with Crippen LogP contribution < -0.4 is 0 Å². The highest BCUT2D eigenvalue weighted by Crippen LogP contribution is 2.28. The van der Waals surface area contributed by atoms with Gasteiger partial charge in [-0.05, 0) is 25.5 Å². The quantitative estimate of drug-likeness (QED) is 0.694. The van der Waals surface area contributed by atoms with Gasteiger partial charge in [0.05, 0.1) is 29.0 Å². The van der Waals surface area contributed by atoms with Gasteiger partial charge in [0.1, 0.15) is 5.69 Å². The number of benzene rings is 1. The molecule has 0 radical (unpaired) electrons. The molecule has 0 aliphatic carbocycles. The first-order valence-electron chi connectivity index (χ1n) is 8.32. The SMILES string of the molecule is Cc1cccc(C(=O)N2Cc3nnn(-c4cnccn4)c3C[C@@H]2C)c1Cl. The molecule has 1 atom stereocenters. The lowest BCUT2D eigenvalue weighted by Crippen LogP contribution is -2.43. The number of hydrogen-bond acceptors (Lipinski definition) is 5. The van der Waals surface area contributed by atoms with Crippen LogP contribution in [0, 0.1) is 6.92 Å². The van der Waals surface area contributed by atoms with Gasteiger partial charge < -0.3 is 4.90 Å². The Bertz CT molecular complexity index is 971. The molecule has 0 spiro atoms. The van der Waals surface area contributed by atoms with Crippen LogP contribution in [-0.4, -0.2) is 41.8 Å². The van der Waals surface area contributed by atoms with Gasteiger partial charge in [0.25, 0.3) is 5.91 Å². The first kappa shape index (κ1) is 16.7. The summed E-state index contributed by atoms with van der Waals surface area (Å²) in [5.74, 6) is 0.529. The molecule has 4 rings (SSSR count). The maximum Gasteiger partial charge on any atom is 0.255 e. The number of hydrogen-bond donors (Lipinski definition) is 0. The monoisotopic (exact) mass is 368 g/mol. The number of amides is 1. The third kappa shape index (κ3) is 2.74. The van der Waals surface area contributed by atoms with E-state index in [-0.39, 0.29) is 11.9 Å². The van der Waals surface area contributed by atoms with Crippen LogP contribution in [-0.2, 0) is 13.0 Å². The van der Waals surface area contributed by atoms with Gasteiger partial charge in [0.2, 0.25) is 0 Å². The minimum atomic E-state index is -0.0918. The Hall–Kier alpha value is -2.80. The summed E-state index contributed by atoms with van der Waals surface area (Å²) in [6.07, 6.45) is 5.50. The second kappa shape index (κ2) is 6.49. The molecular weight excluding hydrogens is 352 g/mol. The highest BCUT2D eigenvalue weighted by molar-refractivity contribution is 6.34. The number of fused-ring (bicyclic) bond motifs is 1. The molecule has 0 fully saturated rings. The van der Waals surface area contributed by atoms with Crippen LogP contribution in [0.4, 0.5) is 0 Å². The molecular formula is C18H17ClN6O. The Morgan fingerprint density at radius 3 is 2.92 bits per heavy atom. The maximum absolute atomic E-state index is 13.0. The van der Waals surface area contributed by atoms with Gasteiger partial charge in [-0.1, -0.05) is 28.9 Å². The molecule has 2 aromatic heterocycles. The van der Waals surface area contributed by atoms with E-state index in [0.717, 1.165) is 17.0 Å². The third-order valence-electron chi connectivity index (χ3n) is 4.63. The lowest BCUT2D eigenvalue weighted by atomic mass is 10.0. The Morgan fingerprint density at radius 1 is 1.31 bits per heavy atom. The zero-order valence-corrected chi connectivity index (χ0v) is 15.2. The van der Waals surface area contributed by atoms with Crippen LogP contribution in [0.5, 0.6) is 0 Å². The second-order valence-electron chi connectivity index (χ2n) is 6.38. The molecule has 0 unspecified atom stereocenters. The van der Waals surface area contributed by atoms with Gasteiger partial charge in [-0.25, -0.2) is 4.98 Å². The van der Waals surface area contributed by atoms with Crippen LogP contribution in [0.15, 0.2) is 36.8 Å². The Morgan fingerprint density at radius 2 is 2.15 bits per heavy atom. The maximum atomic E-state index is 13.0. The van der Waals surface area contributed by atoms with E-state index in [4.69, 9.17) is 11.6 Å². The molecule has 26 heavy (non-hydrogen) atoms. The van der Waals surface area contributed by atoms with Gasteiger partial charge >= 0.3 is 0 Å². The molecule has 8 heteroatoms. The van der Waals surface area contributed by atoms with E-state index in [1.54, 1.807) is 34.2 Å². The number of carbonyl (C=O) groups is 1. The molecule has 1 aliphatic heterocycles. The molecule has 3 heterocycles. The zero-order chi connectivity index (χ0) is 18.3. The molecule has 1 amide bonds. The van der Waals surface area contributed by atoms with E-state index < -0.39 is 0 Å². The van der Waals surface area contributed by atoms with E-state index in [9.17, 15) is 4.79 Å². The fraction of sp³-hybridized carbons (Fsp3) is 0.278. The number of nitrogens with zero attached hydrogens (tertiary/aromatic N) is 6. The number of carbonyl (C=O) groups excluding carboxylic acids is 1. The first-order chi connectivity index (χ1) is 12.6. The van der Waals surface area contributed by atoms with E-state index in [1.807, 2.05) is 26.0 Å². The van der Waals surface area contributed by atoms with Crippen molar-refractivity contribution in [1.29, 1.82) is 0 Å². The highest BCUT2D eigenvalue weighted by Gasteiger charge is 2.32. The summed E-state index contributed by atoms with van der Waals surface area (Å²) in [7, 11) is 0. The first-order valence-corrected chi connectivity index (χ1v) is 8.70. The largest absolute Gasteiger partial charge is 0.329 e. The van der Waals surface area contributed by atoms with Crippen LogP contribution in [0.25, 0.3) is 5.82 Å². The minimum absolute atomic E-state index is 0.0134. The highest BCUT2D eigenvalue weighted by atomic mass is 35.5. The lowest BCUT2D eigenvalue weighted by Gasteiger charge is -2.33. The predicted molar refractivity (Wildman–Crippen MR) is 96.2 cm³/mol. The summed E-state index contributed by atoms with van der Waals surface area (Å²) in [6, 6.07) is 5.49. The summed E-state index contributed by atoms with van der Waals surface area (Å²) < 4.78 is 1.69. The molecule has 0 N–H and O–H groups in total. The molecule has 132 valence electrons. The van der Waals surface area contributed by atoms with Crippen molar-refractivity contribution in [2.45, 2.75) is 32.9 Å². The molecule has 7 nitrogen and oxygen atoms in total. The lowest BCUT2D eigenvalue weighted by molar-refractivity contribution is 0.0653. The van der Waals surface area contributed by atoms with Crippen molar-refractivity contribution in [3.05, 3.63) is 64.3 Å². The van der Waals surface area contributed by atoms with Crippen molar-refractivity contribution < 1.29 is 4.79 Å². The van der Waals surface area contributed by atoms with Gasteiger partial charge in [0, 0.05) is 24.9 Å². The molecule has 1 aromatic carbocycles. The molecule has 0 saturated heterocycles. The summed E-state index contributed by atoms with van der Waals surface area (Å²) in [5, 5.41) is 8.95. The molecule has 0 bridgehead atoms. The fourth-order valence-corrected chi connectivity index (χ4v) is 3.40. The van der Waals surface area contributed by atoms with E-state index >= 15 is 0 Å². The minimum Gasteiger partial charge on any atom is -0.329 e. The Balaban J connectivity index is 1.66. The molecule has 1 aliphatic rings. The normalized spacial score (nSPS) is 16.4. The predicted octanol–water partition coefficient (Wildman–Crippen LogP) is 2.61. The average molecular weight is 369 g/mol. The fourth-order valence-electron chi connectivity index (χ4n) is 3.19. The second-order valence-corrected chi connectivity index (χ2v) is 6.76. The Kier molecular flexibility index (Phi) is 4.16. The Labute approximate surface area is 155 Å². The summed E-state index contributed by atoms with van der Waals surface area (Å²) >= 11 is 6.34. The zero-order valence-electron chi connectivity index (χ0n) is 14.4. The number of rotatable bonds is 2. The van der Waals surface area contributed by atoms with Crippen molar-refractivity contribution >= 4 is 17.5 Å². The number of aromatic nitrogens is 5. The topological polar surface area (TPSA) is 76.8 Å². The van der Waals surface area contributed by atoms with Crippen LogP contribution in [0.3, 0.4) is 0 Å². The van der Waals surface area contributed by atoms with Crippen molar-refractivity contribution in [3.63, 3.8) is 0 Å². The van der Waals surface area contributed by atoms with E-state index in [2.05, 4.69) is 20.3 Å². The van der Waals surface area contributed by atoms with Crippen molar-refractivity contribution in [2.75, 3.05) is 0 Å². The van der Waals surface area contributed by atoms with Crippen LogP contribution in [0.1, 0.15) is 34.2 Å².